The highest BCUT2D eigenvalue weighted by atomic mass is 32.1. The van der Waals surface area contributed by atoms with Crippen LogP contribution in [-0.2, 0) is 11.8 Å². The fourth-order valence-electron chi connectivity index (χ4n) is 4.20. The third kappa shape index (κ3) is 1.80. The largest absolute Gasteiger partial charge is 0.339 e. The summed E-state index contributed by atoms with van der Waals surface area (Å²) in [4.78, 5) is 5.86. The van der Waals surface area contributed by atoms with E-state index in [1.54, 1.807) is 0 Å². The number of fused-ring (bicyclic) bond motifs is 2. The van der Waals surface area contributed by atoms with Gasteiger partial charge < -0.3 is 4.52 Å². The van der Waals surface area contributed by atoms with E-state index in [0.717, 1.165) is 28.4 Å². The molecule has 1 spiro atoms. The lowest BCUT2D eigenvalue weighted by atomic mass is 9.95. The Labute approximate surface area is 138 Å². The van der Waals surface area contributed by atoms with Gasteiger partial charge in [-0.05, 0) is 55.8 Å². The molecule has 0 saturated heterocycles. The van der Waals surface area contributed by atoms with Crippen molar-refractivity contribution in [1.29, 1.82) is 0 Å². The summed E-state index contributed by atoms with van der Waals surface area (Å²) in [7, 11) is 0. The van der Waals surface area contributed by atoms with E-state index in [2.05, 4.69) is 40.7 Å². The van der Waals surface area contributed by atoms with Crippen LogP contribution in [0.1, 0.15) is 46.3 Å². The standard InChI is InChI=1S/C18H17N3OS/c1-10-15(11(2)23-21-10)16-19-17(22-20-16)14-9-18(14)8-7-12-5-3-4-6-13(12)18/h3-6,14H,7-9H2,1-2H3. The predicted octanol–water partition coefficient (Wildman–Crippen LogP) is 4.18. The first kappa shape index (κ1) is 13.4. The highest BCUT2D eigenvalue weighted by molar-refractivity contribution is 7.06. The van der Waals surface area contributed by atoms with Crippen LogP contribution in [0.5, 0.6) is 0 Å². The van der Waals surface area contributed by atoms with Crippen molar-refractivity contribution in [3.63, 3.8) is 0 Å². The zero-order valence-corrected chi connectivity index (χ0v) is 14.0. The van der Waals surface area contributed by atoms with Crippen LogP contribution in [0, 0.1) is 13.8 Å². The van der Waals surface area contributed by atoms with Crippen LogP contribution < -0.4 is 0 Å². The monoisotopic (exact) mass is 323 g/mol. The number of hydrogen-bond acceptors (Lipinski definition) is 5. The summed E-state index contributed by atoms with van der Waals surface area (Å²) >= 11 is 1.50. The maximum absolute atomic E-state index is 5.64. The molecule has 0 amide bonds. The molecule has 1 aromatic carbocycles. The first-order valence-electron chi connectivity index (χ1n) is 8.04. The molecule has 0 aliphatic heterocycles. The maximum atomic E-state index is 5.64. The average Bonchev–Trinajstić information content (AvgIpc) is 2.86. The minimum absolute atomic E-state index is 0.247. The molecule has 5 rings (SSSR count). The SMILES string of the molecule is Cc1nsc(C)c1-c1noc(C2CC23CCc2ccccc23)n1. The van der Waals surface area contributed by atoms with Gasteiger partial charge in [-0.25, -0.2) is 0 Å². The van der Waals surface area contributed by atoms with Crippen LogP contribution in [0.4, 0.5) is 0 Å². The zero-order chi connectivity index (χ0) is 15.6. The minimum Gasteiger partial charge on any atom is -0.339 e. The lowest BCUT2D eigenvalue weighted by Gasteiger charge is -2.08. The number of nitrogens with zero attached hydrogens (tertiary/aromatic N) is 3. The van der Waals surface area contributed by atoms with Crippen LogP contribution in [0.25, 0.3) is 11.4 Å². The molecule has 2 unspecified atom stereocenters. The van der Waals surface area contributed by atoms with E-state index in [1.165, 1.54) is 35.5 Å². The summed E-state index contributed by atoms with van der Waals surface area (Å²) in [5.41, 5.74) is 5.25. The minimum atomic E-state index is 0.247. The Kier molecular flexibility index (Phi) is 2.63. The highest BCUT2D eigenvalue weighted by Gasteiger charge is 2.61. The van der Waals surface area contributed by atoms with Gasteiger partial charge in [0.1, 0.15) is 0 Å². The second kappa shape index (κ2) is 4.51. The Morgan fingerprint density at radius 1 is 1.26 bits per heavy atom. The van der Waals surface area contributed by atoms with Gasteiger partial charge in [-0.3, -0.25) is 0 Å². The molecule has 5 heteroatoms. The lowest BCUT2D eigenvalue weighted by Crippen LogP contribution is -2.04. The molecule has 1 fully saturated rings. The van der Waals surface area contributed by atoms with E-state index in [0.29, 0.717) is 11.7 Å². The molecule has 116 valence electrons. The lowest BCUT2D eigenvalue weighted by molar-refractivity contribution is 0.372. The van der Waals surface area contributed by atoms with E-state index in [1.807, 2.05) is 6.92 Å². The van der Waals surface area contributed by atoms with Crippen molar-refractivity contribution in [2.75, 3.05) is 0 Å². The van der Waals surface area contributed by atoms with Gasteiger partial charge in [-0.1, -0.05) is 29.4 Å². The van der Waals surface area contributed by atoms with Crippen molar-refractivity contribution in [1.82, 2.24) is 14.5 Å². The quantitative estimate of drug-likeness (QED) is 0.710. The van der Waals surface area contributed by atoms with Crippen LogP contribution in [0.2, 0.25) is 0 Å². The molecule has 2 atom stereocenters. The van der Waals surface area contributed by atoms with E-state index in [4.69, 9.17) is 9.51 Å². The molecule has 0 bridgehead atoms. The van der Waals surface area contributed by atoms with Crippen molar-refractivity contribution in [3.8, 4) is 11.4 Å². The molecule has 2 heterocycles. The second-order valence-corrected chi connectivity index (χ2v) is 7.70. The van der Waals surface area contributed by atoms with E-state index in [9.17, 15) is 0 Å². The topological polar surface area (TPSA) is 51.8 Å². The summed E-state index contributed by atoms with van der Waals surface area (Å²) in [6.07, 6.45) is 3.50. The first-order chi connectivity index (χ1) is 11.2. The van der Waals surface area contributed by atoms with Crippen LogP contribution in [-0.4, -0.2) is 14.5 Å². The third-order valence-electron chi connectivity index (χ3n) is 5.47. The summed E-state index contributed by atoms with van der Waals surface area (Å²) in [6.45, 7) is 4.06. The molecular weight excluding hydrogens is 306 g/mol. The van der Waals surface area contributed by atoms with Gasteiger partial charge in [0, 0.05) is 16.2 Å². The number of aromatic nitrogens is 3. The number of benzene rings is 1. The molecule has 23 heavy (non-hydrogen) atoms. The molecule has 0 N–H and O–H groups in total. The normalized spacial score (nSPS) is 25.0. The first-order valence-corrected chi connectivity index (χ1v) is 8.81. The number of aryl methyl sites for hydroxylation is 3. The Balaban J connectivity index is 1.50. The maximum Gasteiger partial charge on any atom is 0.231 e. The van der Waals surface area contributed by atoms with Crippen LogP contribution >= 0.6 is 11.5 Å². The fourth-order valence-corrected chi connectivity index (χ4v) is 4.90. The predicted molar refractivity (Wildman–Crippen MR) is 88.7 cm³/mol. The Bertz CT molecular complexity index is 893. The third-order valence-corrected chi connectivity index (χ3v) is 6.31. The molecule has 2 aliphatic rings. The molecule has 2 aromatic heterocycles. The van der Waals surface area contributed by atoms with Gasteiger partial charge in [-0.15, -0.1) is 0 Å². The zero-order valence-electron chi connectivity index (χ0n) is 13.2. The van der Waals surface area contributed by atoms with Crippen molar-refractivity contribution in [2.45, 2.75) is 44.4 Å². The molecule has 2 aliphatic carbocycles. The van der Waals surface area contributed by atoms with Crippen molar-refractivity contribution >= 4 is 11.5 Å². The summed E-state index contributed by atoms with van der Waals surface area (Å²) in [5.74, 6) is 1.86. The van der Waals surface area contributed by atoms with E-state index < -0.39 is 0 Å². The Morgan fingerprint density at radius 3 is 2.96 bits per heavy atom. The summed E-state index contributed by atoms with van der Waals surface area (Å²) < 4.78 is 10.0. The van der Waals surface area contributed by atoms with Gasteiger partial charge in [-0.2, -0.15) is 9.36 Å². The van der Waals surface area contributed by atoms with Crippen LogP contribution in [0.15, 0.2) is 28.8 Å². The molecular formula is C18H17N3OS. The molecule has 4 nitrogen and oxygen atoms in total. The number of hydrogen-bond donors (Lipinski definition) is 0. The highest BCUT2D eigenvalue weighted by Crippen LogP contribution is 2.66. The summed E-state index contributed by atoms with van der Waals surface area (Å²) in [6, 6.07) is 8.80. The van der Waals surface area contributed by atoms with Gasteiger partial charge >= 0.3 is 0 Å². The van der Waals surface area contributed by atoms with Crippen LogP contribution in [0.3, 0.4) is 0 Å². The van der Waals surface area contributed by atoms with Gasteiger partial charge in [0.05, 0.1) is 11.3 Å². The fraction of sp³-hybridized carbons (Fsp3) is 0.389. The number of rotatable bonds is 2. The van der Waals surface area contributed by atoms with E-state index >= 15 is 0 Å². The Morgan fingerprint density at radius 2 is 2.13 bits per heavy atom. The van der Waals surface area contributed by atoms with Crippen molar-refractivity contribution < 1.29 is 4.52 Å². The molecule has 3 aromatic rings. The van der Waals surface area contributed by atoms with Gasteiger partial charge in [0.25, 0.3) is 0 Å². The summed E-state index contributed by atoms with van der Waals surface area (Å²) in [5, 5.41) is 4.23. The van der Waals surface area contributed by atoms with Gasteiger partial charge in [0.2, 0.25) is 11.7 Å². The molecule has 0 radical (unpaired) electrons. The smallest absolute Gasteiger partial charge is 0.231 e. The second-order valence-electron chi connectivity index (χ2n) is 6.73. The van der Waals surface area contributed by atoms with Gasteiger partial charge in [0.15, 0.2) is 0 Å². The van der Waals surface area contributed by atoms with E-state index in [-0.39, 0.29) is 5.41 Å². The van der Waals surface area contributed by atoms with Crippen molar-refractivity contribution in [2.24, 2.45) is 0 Å². The van der Waals surface area contributed by atoms with Crippen molar-refractivity contribution in [3.05, 3.63) is 51.9 Å². The Hall–Kier alpha value is -2.01. The molecule has 1 saturated carbocycles. The average molecular weight is 323 g/mol.